The van der Waals surface area contributed by atoms with E-state index < -0.39 is 12.3 Å². The van der Waals surface area contributed by atoms with Gasteiger partial charge >= 0.3 is 0 Å². The first-order valence-corrected chi connectivity index (χ1v) is 14.5. The summed E-state index contributed by atoms with van der Waals surface area (Å²) in [5.41, 5.74) is 2.97. The predicted octanol–water partition coefficient (Wildman–Crippen LogP) is 6.36. The number of aromatic nitrogens is 1. The number of nitrogens with zero attached hydrogens (tertiary/aromatic N) is 2. The Morgan fingerprint density at radius 1 is 1.11 bits per heavy atom. The summed E-state index contributed by atoms with van der Waals surface area (Å²) >= 11 is 1.59. The van der Waals surface area contributed by atoms with Crippen LogP contribution in [0.15, 0.2) is 60.0 Å². The van der Waals surface area contributed by atoms with Crippen molar-refractivity contribution < 1.29 is 19.1 Å². The molecule has 2 aromatic carbocycles. The van der Waals surface area contributed by atoms with E-state index in [0.717, 1.165) is 29.1 Å². The molecule has 2 aliphatic rings. The highest BCUT2D eigenvalue weighted by atomic mass is 32.1. The van der Waals surface area contributed by atoms with Crippen molar-refractivity contribution in [2.75, 3.05) is 6.54 Å². The highest BCUT2D eigenvalue weighted by molar-refractivity contribution is 7.09. The van der Waals surface area contributed by atoms with Crippen LogP contribution in [-0.4, -0.2) is 45.5 Å². The van der Waals surface area contributed by atoms with E-state index in [9.17, 15) is 19.1 Å². The second kappa shape index (κ2) is 11.9. The maximum Gasteiger partial charge on any atom is 0.254 e. The molecular weight excluding hydrogens is 499 g/mol. The number of hydrogen-bond donors (Lipinski definition) is 1. The van der Waals surface area contributed by atoms with E-state index in [4.69, 9.17) is 0 Å². The minimum Gasteiger partial charge on any atom is -0.393 e. The number of carbonyl (C=O) groups excluding carboxylic acids is 2. The molecule has 1 aliphatic heterocycles. The van der Waals surface area contributed by atoms with Crippen LogP contribution in [0.3, 0.4) is 0 Å². The van der Waals surface area contributed by atoms with Crippen LogP contribution in [0.2, 0.25) is 0 Å². The summed E-state index contributed by atoms with van der Waals surface area (Å²) in [5.74, 6) is -0.657. The Morgan fingerprint density at radius 3 is 2.61 bits per heavy atom. The second-order valence-corrected chi connectivity index (χ2v) is 11.7. The number of halogens is 1. The summed E-state index contributed by atoms with van der Waals surface area (Å²) in [4.78, 5) is 33.5. The Kier molecular flexibility index (Phi) is 8.34. The van der Waals surface area contributed by atoms with Crippen LogP contribution in [0.25, 0.3) is 0 Å². The zero-order chi connectivity index (χ0) is 26.6. The molecule has 200 valence electrons. The number of thiazole rings is 1. The number of rotatable bonds is 9. The maximum absolute atomic E-state index is 13.9. The highest BCUT2D eigenvalue weighted by Gasteiger charge is 2.36. The monoisotopic (exact) mass is 534 g/mol. The number of alkyl halides is 1. The Balaban J connectivity index is 1.32. The van der Waals surface area contributed by atoms with Gasteiger partial charge in [-0.3, -0.25) is 9.59 Å². The minimum atomic E-state index is -0.881. The smallest absolute Gasteiger partial charge is 0.254 e. The van der Waals surface area contributed by atoms with Crippen LogP contribution < -0.4 is 0 Å². The van der Waals surface area contributed by atoms with E-state index in [2.05, 4.69) is 4.98 Å². The number of hydrogen-bond acceptors (Lipinski definition) is 5. The fourth-order valence-corrected chi connectivity index (χ4v) is 6.97. The van der Waals surface area contributed by atoms with Crippen LogP contribution in [0.4, 0.5) is 4.39 Å². The lowest BCUT2D eigenvalue weighted by molar-refractivity contribution is 0.0434. The van der Waals surface area contributed by atoms with Crippen LogP contribution in [-0.2, 0) is 6.42 Å². The van der Waals surface area contributed by atoms with E-state index in [-0.39, 0.29) is 36.0 Å². The first-order chi connectivity index (χ1) is 18.4. The van der Waals surface area contributed by atoms with Gasteiger partial charge in [-0.15, -0.1) is 11.3 Å². The minimum absolute atomic E-state index is 0.0308. The van der Waals surface area contributed by atoms with Gasteiger partial charge < -0.3 is 10.0 Å². The van der Waals surface area contributed by atoms with E-state index >= 15 is 0 Å². The third kappa shape index (κ3) is 6.05. The molecule has 5 rings (SSSR count). The van der Waals surface area contributed by atoms with Crippen LogP contribution in [0, 0.1) is 18.8 Å². The summed E-state index contributed by atoms with van der Waals surface area (Å²) in [6, 6.07) is 16.7. The number of likely N-dealkylation sites (tertiary alicyclic amines) is 1. The normalized spacial score (nSPS) is 22.9. The molecule has 1 N–H and O–H groups in total. The van der Waals surface area contributed by atoms with Gasteiger partial charge in [-0.1, -0.05) is 42.5 Å². The number of Topliss-reactive ketones (excluding diaryl/α,β-unsaturated/α-hetero) is 1. The molecule has 0 spiro atoms. The second-order valence-electron chi connectivity index (χ2n) is 10.8. The van der Waals surface area contributed by atoms with Crippen LogP contribution >= 0.6 is 11.3 Å². The van der Waals surface area contributed by atoms with Crippen molar-refractivity contribution >= 4 is 23.0 Å². The molecule has 0 bridgehead atoms. The fourth-order valence-electron chi connectivity index (χ4n) is 6.02. The van der Waals surface area contributed by atoms with Gasteiger partial charge in [0.05, 0.1) is 12.1 Å². The Bertz CT molecular complexity index is 1260. The molecule has 1 aromatic heterocycles. The molecule has 2 heterocycles. The third-order valence-corrected chi connectivity index (χ3v) is 9.09. The largest absolute Gasteiger partial charge is 0.393 e. The molecule has 5 nitrogen and oxygen atoms in total. The molecule has 3 aromatic rings. The number of aliphatic hydroxyl groups excluding tert-OH is 1. The van der Waals surface area contributed by atoms with Gasteiger partial charge in [-0.05, 0) is 75.0 Å². The number of benzene rings is 2. The SMILES string of the molecule is Cc1csc([C@H]2CCCN2C(=O)c2cccc(C(=O)C[C@@H](Cc3ccccc3)[C@H](O)[C@@H]3CC[C@@H](F)C3)c2)n1. The van der Waals surface area contributed by atoms with Gasteiger partial charge in [0.15, 0.2) is 5.78 Å². The quantitative estimate of drug-likeness (QED) is 0.324. The third-order valence-electron chi connectivity index (χ3n) is 8.03. The average molecular weight is 535 g/mol. The first kappa shape index (κ1) is 26.7. The average Bonchev–Trinajstić information content (AvgIpc) is 3.69. The lowest BCUT2D eigenvalue weighted by Crippen LogP contribution is -2.32. The van der Waals surface area contributed by atoms with Crippen LogP contribution in [0.1, 0.15) is 81.5 Å². The van der Waals surface area contributed by atoms with Gasteiger partial charge in [-0.25, -0.2) is 9.37 Å². The van der Waals surface area contributed by atoms with Crippen molar-refractivity contribution in [2.24, 2.45) is 11.8 Å². The van der Waals surface area contributed by atoms with Crippen molar-refractivity contribution in [1.29, 1.82) is 0 Å². The number of aryl methyl sites for hydroxylation is 1. The Morgan fingerprint density at radius 2 is 1.89 bits per heavy atom. The number of ketones is 1. The van der Waals surface area contributed by atoms with E-state index in [1.165, 1.54) is 0 Å². The number of carbonyl (C=O) groups is 2. The van der Waals surface area contributed by atoms with Crippen molar-refractivity contribution in [3.63, 3.8) is 0 Å². The molecular formula is C31H35FN2O3S. The first-order valence-electron chi connectivity index (χ1n) is 13.6. The summed E-state index contributed by atoms with van der Waals surface area (Å²) in [5, 5.41) is 14.2. The van der Waals surface area contributed by atoms with Crippen molar-refractivity contribution in [2.45, 2.75) is 70.2 Å². The summed E-state index contributed by atoms with van der Waals surface area (Å²) in [7, 11) is 0. The van der Waals surface area contributed by atoms with Crippen molar-refractivity contribution in [1.82, 2.24) is 9.88 Å². The lowest BCUT2D eigenvalue weighted by atomic mass is 9.81. The zero-order valence-electron chi connectivity index (χ0n) is 21.8. The van der Waals surface area contributed by atoms with E-state index in [1.807, 2.05) is 47.5 Å². The molecule has 1 saturated carbocycles. The van der Waals surface area contributed by atoms with Gasteiger partial charge in [0, 0.05) is 35.2 Å². The molecule has 1 aliphatic carbocycles. The Hall–Kier alpha value is -2.90. The van der Waals surface area contributed by atoms with Gasteiger partial charge in [-0.2, -0.15) is 0 Å². The molecule has 1 saturated heterocycles. The van der Waals surface area contributed by atoms with E-state index in [0.29, 0.717) is 43.4 Å². The lowest BCUT2D eigenvalue weighted by Gasteiger charge is -2.27. The summed E-state index contributed by atoms with van der Waals surface area (Å²) in [6.07, 6.45) is 2.32. The maximum atomic E-state index is 13.9. The molecule has 1 amide bonds. The van der Waals surface area contributed by atoms with Gasteiger partial charge in [0.25, 0.3) is 5.91 Å². The Labute approximate surface area is 227 Å². The number of aliphatic hydroxyl groups is 1. The summed E-state index contributed by atoms with van der Waals surface area (Å²) < 4.78 is 13.9. The van der Waals surface area contributed by atoms with E-state index in [1.54, 1.807) is 35.6 Å². The standard InChI is InChI=1S/C31H35FN2O3S/c1-20-19-38-30(33-20)27-11-6-14-34(27)31(37)24-10-5-9-22(16-24)28(35)18-25(15-21-7-3-2-4-8-21)29(36)23-12-13-26(32)17-23/h2-5,7-10,16,19,23,25-27,29,36H,6,11-15,17-18H2,1H3/t23-,25-,26-,27-,29-/m1/s1. The molecule has 0 unspecified atom stereocenters. The molecule has 7 heteroatoms. The molecule has 0 radical (unpaired) electrons. The topological polar surface area (TPSA) is 70.5 Å². The zero-order valence-corrected chi connectivity index (χ0v) is 22.6. The number of amides is 1. The predicted molar refractivity (Wildman–Crippen MR) is 147 cm³/mol. The molecule has 2 fully saturated rings. The molecule has 5 atom stereocenters. The summed E-state index contributed by atoms with van der Waals surface area (Å²) in [6.45, 7) is 2.63. The van der Waals surface area contributed by atoms with Crippen LogP contribution in [0.5, 0.6) is 0 Å². The highest BCUT2D eigenvalue weighted by Crippen LogP contribution is 2.36. The fraction of sp³-hybridized carbons (Fsp3) is 0.452. The van der Waals surface area contributed by atoms with Gasteiger partial charge in [0.2, 0.25) is 0 Å². The van der Waals surface area contributed by atoms with Crippen molar-refractivity contribution in [3.05, 3.63) is 87.4 Å². The molecule has 38 heavy (non-hydrogen) atoms. The van der Waals surface area contributed by atoms with Gasteiger partial charge in [0.1, 0.15) is 11.2 Å². The van der Waals surface area contributed by atoms with Crippen molar-refractivity contribution in [3.8, 4) is 0 Å².